The first-order valence-corrected chi connectivity index (χ1v) is 8.69. The first-order chi connectivity index (χ1) is 12.5. The molecule has 0 aromatic heterocycles. The molecule has 0 spiro atoms. The number of rotatable bonds is 8. The van der Waals surface area contributed by atoms with Crippen molar-refractivity contribution in [2.45, 2.75) is 13.8 Å². The highest BCUT2D eigenvalue weighted by Crippen LogP contribution is 2.23. The van der Waals surface area contributed by atoms with E-state index in [1.54, 1.807) is 36.4 Å². The van der Waals surface area contributed by atoms with Crippen molar-refractivity contribution < 1.29 is 14.6 Å². The van der Waals surface area contributed by atoms with Crippen LogP contribution in [-0.2, 0) is 4.79 Å². The number of nitrogens with zero attached hydrogens (tertiary/aromatic N) is 2. The summed E-state index contributed by atoms with van der Waals surface area (Å²) >= 11 is 5.78. The molecule has 0 atom stereocenters. The van der Waals surface area contributed by atoms with Gasteiger partial charge in [-0.2, -0.15) is 5.10 Å². The Morgan fingerprint density at radius 1 is 1.23 bits per heavy atom. The zero-order valence-corrected chi connectivity index (χ0v) is 15.5. The second-order valence-electron chi connectivity index (χ2n) is 5.45. The van der Waals surface area contributed by atoms with Gasteiger partial charge < -0.3 is 14.7 Å². The molecule has 0 aliphatic carbocycles. The van der Waals surface area contributed by atoms with Gasteiger partial charge in [0.15, 0.2) is 6.61 Å². The number of hydrogen-bond donors (Lipinski definition) is 2. The van der Waals surface area contributed by atoms with Crippen molar-refractivity contribution in [2.75, 3.05) is 24.6 Å². The summed E-state index contributed by atoms with van der Waals surface area (Å²) in [6, 6.07) is 12.0. The van der Waals surface area contributed by atoms with E-state index in [-0.39, 0.29) is 12.4 Å². The quantitative estimate of drug-likeness (QED) is 0.547. The average Bonchev–Trinajstić information content (AvgIpc) is 2.64. The molecule has 2 aromatic carbocycles. The van der Waals surface area contributed by atoms with Crippen molar-refractivity contribution in [3.8, 4) is 11.5 Å². The van der Waals surface area contributed by atoms with Gasteiger partial charge in [-0.25, -0.2) is 5.43 Å². The minimum atomic E-state index is -0.407. The number of ether oxygens (including phenoxy) is 1. The van der Waals surface area contributed by atoms with E-state index < -0.39 is 5.91 Å². The molecule has 0 bridgehead atoms. The van der Waals surface area contributed by atoms with E-state index >= 15 is 0 Å². The molecule has 2 rings (SSSR count). The zero-order valence-electron chi connectivity index (χ0n) is 14.8. The van der Waals surface area contributed by atoms with E-state index in [1.165, 1.54) is 6.21 Å². The van der Waals surface area contributed by atoms with Gasteiger partial charge >= 0.3 is 0 Å². The number of amides is 1. The smallest absolute Gasteiger partial charge is 0.277 e. The third-order valence-electron chi connectivity index (χ3n) is 3.72. The molecule has 0 radical (unpaired) electrons. The van der Waals surface area contributed by atoms with Gasteiger partial charge in [0.1, 0.15) is 11.5 Å². The predicted molar refractivity (Wildman–Crippen MR) is 104 cm³/mol. The maximum Gasteiger partial charge on any atom is 0.277 e. The number of hydrazone groups is 1. The molecule has 6 nitrogen and oxygen atoms in total. The predicted octanol–water partition coefficient (Wildman–Crippen LogP) is 3.42. The van der Waals surface area contributed by atoms with Gasteiger partial charge in [0.2, 0.25) is 0 Å². The van der Waals surface area contributed by atoms with E-state index in [0.717, 1.165) is 18.8 Å². The third kappa shape index (κ3) is 5.67. The number of benzene rings is 2. The number of nitrogens with one attached hydrogen (secondary N) is 1. The summed E-state index contributed by atoms with van der Waals surface area (Å²) < 4.78 is 5.32. The molecule has 0 aliphatic rings. The standard InChI is InChI=1S/C19H22ClN3O3/c1-3-23(4-2)16-8-5-14(18(24)11-16)12-21-22-19(25)13-26-17-9-6-15(20)7-10-17/h5-12,24H,3-4,13H2,1-2H3,(H,22,25)/b21-12+. The topological polar surface area (TPSA) is 74.2 Å². The Bertz CT molecular complexity index is 759. The molecule has 26 heavy (non-hydrogen) atoms. The van der Waals surface area contributed by atoms with Gasteiger partial charge in [0.05, 0.1) is 6.21 Å². The van der Waals surface area contributed by atoms with Gasteiger partial charge in [-0.3, -0.25) is 4.79 Å². The van der Waals surface area contributed by atoms with Crippen LogP contribution in [0.15, 0.2) is 47.6 Å². The highest BCUT2D eigenvalue weighted by molar-refractivity contribution is 6.30. The minimum absolute atomic E-state index is 0.102. The Morgan fingerprint density at radius 3 is 2.54 bits per heavy atom. The lowest BCUT2D eigenvalue weighted by atomic mass is 10.2. The summed E-state index contributed by atoms with van der Waals surface area (Å²) in [6.45, 7) is 5.64. The Labute approximate surface area is 158 Å². The fourth-order valence-corrected chi connectivity index (χ4v) is 2.44. The first kappa shape index (κ1) is 19.6. The molecule has 0 heterocycles. The normalized spacial score (nSPS) is 10.7. The van der Waals surface area contributed by atoms with Crippen LogP contribution in [0, 0.1) is 0 Å². The summed E-state index contributed by atoms with van der Waals surface area (Å²) in [6.07, 6.45) is 1.39. The summed E-state index contributed by atoms with van der Waals surface area (Å²) in [7, 11) is 0. The number of aromatic hydroxyl groups is 1. The average molecular weight is 376 g/mol. The molecule has 2 aromatic rings. The van der Waals surface area contributed by atoms with Crippen LogP contribution in [0.4, 0.5) is 5.69 Å². The van der Waals surface area contributed by atoms with E-state index in [1.807, 2.05) is 6.07 Å². The number of phenols is 1. The van der Waals surface area contributed by atoms with Crippen LogP contribution in [-0.4, -0.2) is 36.9 Å². The van der Waals surface area contributed by atoms with Crippen LogP contribution >= 0.6 is 11.6 Å². The molecule has 0 fully saturated rings. The zero-order chi connectivity index (χ0) is 18.9. The largest absolute Gasteiger partial charge is 0.507 e. The molecular weight excluding hydrogens is 354 g/mol. The van der Waals surface area contributed by atoms with Crippen LogP contribution in [0.3, 0.4) is 0 Å². The molecule has 0 aliphatic heterocycles. The van der Waals surface area contributed by atoms with Crippen molar-refractivity contribution in [1.29, 1.82) is 0 Å². The van der Waals surface area contributed by atoms with Gasteiger partial charge in [-0.15, -0.1) is 0 Å². The molecule has 138 valence electrons. The second kappa shape index (κ2) is 9.68. The lowest BCUT2D eigenvalue weighted by Gasteiger charge is -2.21. The molecule has 7 heteroatoms. The molecule has 0 saturated carbocycles. The van der Waals surface area contributed by atoms with Crippen molar-refractivity contribution in [3.63, 3.8) is 0 Å². The molecular formula is C19H22ClN3O3. The van der Waals surface area contributed by atoms with E-state index in [2.05, 4.69) is 29.3 Å². The minimum Gasteiger partial charge on any atom is -0.507 e. The van der Waals surface area contributed by atoms with E-state index in [9.17, 15) is 9.90 Å². The van der Waals surface area contributed by atoms with Crippen molar-refractivity contribution in [1.82, 2.24) is 5.43 Å². The van der Waals surface area contributed by atoms with Crippen LogP contribution < -0.4 is 15.1 Å². The lowest BCUT2D eigenvalue weighted by molar-refractivity contribution is -0.123. The van der Waals surface area contributed by atoms with Crippen LogP contribution in [0.2, 0.25) is 5.02 Å². The highest BCUT2D eigenvalue weighted by atomic mass is 35.5. The van der Waals surface area contributed by atoms with Gasteiger partial charge in [-0.1, -0.05) is 11.6 Å². The molecule has 1 amide bonds. The summed E-state index contributed by atoms with van der Waals surface area (Å²) in [5.41, 5.74) is 3.81. The third-order valence-corrected chi connectivity index (χ3v) is 3.97. The number of carbonyl (C=O) groups is 1. The van der Waals surface area contributed by atoms with E-state index in [4.69, 9.17) is 16.3 Å². The number of hydrogen-bond acceptors (Lipinski definition) is 5. The highest BCUT2D eigenvalue weighted by Gasteiger charge is 2.06. The molecule has 0 saturated heterocycles. The van der Waals surface area contributed by atoms with Crippen molar-refractivity contribution in [2.24, 2.45) is 5.10 Å². The van der Waals surface area contributed by atoms with Crippen LogP contribution in [0.25, 0.3) is 0 Å². The van der Waals surface area contributed by atoms with Gasteiger partial charge in [0.25, 0.3) is 5.91 Å². The van der Waals surface area contributed by atoms with Crippen molar-refractivity contribution in [3.05, 3.63) is 53.1 Å². The maximum absolute atomic E-state index is 11.7. The number of phenolic OH excluding ortho intramolecular Hbond substituents is 1. The fourth-order valence-electron chi connectivity index (χ4n) is 2.31. The number of anilines is 1. The Hall–Kier alpha value is -2.73. The Balaban J connectivity index is 1.87. The monoisotopic (exact) mass is 375 g/mol. The van der Waals surface area contributed by atoms with Gasteiger partial charge in [-0.05, 0) is 50.2 Å². The van der Waals surface area contributed by atoms with Gasteiger partial charge in [0, 0.05) is 35.4 Å². The van der Waals surface area contributed by atoms with Crippen LogP contribution in [0.1, 0.15) is 19.4 Å². The lowest BCUT2D eigenvalue weighted by Crippen LogP contribution is -2.24. The molecule has 2 N–H and O–H groups in total. The molecule has 0 unspecified atom stereocenters. The summed E-state index contributed by atoms with van der Waals surface area (Å²) in [5.74, 6) is 0.235. The van der Waals surface area contributed by atoms with Crippen LogP contribution in [0.5, 0.6) is 11.5 Å². The second-order valence-corrected chi connectivity index (χ2v) is 5.89. The van der Waals surface area contributed by atoms with E-state index in [0.29, 0.717) is 16.3 Å². The maximum atomic E-state index is 11.7. The Kier molecular flexibility index (Phi) is 7.29. The number of carbonyl (C=O) groups excluding carboxylic acids is 1. The van der Waals surface area contributed by atoms with Crippen molar-refractivity contribution >= 4 is 29.4 Å². The SMILES string of the molecule is CCN(CC)c1ccc(/C=N/NC(=O)COc2ccc(Cl)cc2)c(O)c1. The summed E-state index contributed by atoms with van der Waals surface area (Å²) in [4.78, 5) is 13.9. The Morgan fingerprint density at radius 2 is 1.92 bits per heavy atom. The first-order valence-electron chi connectivity index (χ1n) is 8.31. The fraction of sp³-hybridized carbons (Fsp3) is 0.263. The summed E-state index contributed by atoms with van der Waals surface area (Å²) in [5, 5.41) is 14.5. The number of halogens is 1.